The molecule has 5 fully saturated rings. The number of nitrogens with one attached hydrogen (secondary N) is 2. The van der Waals surface area contributed by atoms with Crippen molar-refractivity contribution in [3.8, 4) is 0 Å². The van der Waals surface area contributed by atoms with E-state index in [0.29, 0.717) is 5.92 Å². The number of hydrazine groups is 1. The highest BCUT2D eigenvalue weighted by Gasteiger charge is 2.83. The van der Waals surface area contributed by atoms with Gasteiger partial charge in [0.15, 0.2) is 0 Å². The Bertz CT molecular complexity index is 780. The number of carbonyl (C=O) groups excluding carboxylic acids is 2. The lowest BCUT2D eigenvalue weighted by Crippen LogP contribution is -2.73. The van der Waals surface area contributed by atoms with E-state index in [1.807, 2.05) is 0 Å². The Balaban J connectivity index is 1.49. The molecule has 0 radical (unpaired) electrons. The standard InChI is InChI=1S/C21H29Br3N2O2/c1-11-17(2,3)12-6-7-19(11,10-12)15(27)25-26-16(28)21-9-8-20(13(21)22,14(23)24)18(21,4)5/h12-14H,1,6-10H2,2-5H3,(H,25,27)(H,26,28). The topological polar surface area (TPSA) is 58.2 Å². The Hall–Kier alpha value is 0.120. The smallest absolute Gasteiger partial charge is 0.248 e. The first-order valence-corrected chi connectivity index (χ1v) is 12.8. The van der Waals surface area contributed by atoms with Gasteiger partial charge < -0.3 is 0 Å². The van der Waals surface area contributed by atoms with Crippen LogP contribution in [0.4, 0.5) is 0 Å². The summed E-state index contributed by atoms with van der Waals surface area (Å²) in [6, 6.07) is 0. The fourth-order valence-corrected chi connectivity index (χ4v) is 12.1. The van der Waals surface area contributed by atoms with Crippen LogP contribution in [0.5, 0.6) is 0 Å². The summed E-state index contributed by atoms with van der Waals surface area (Å²) in [5.74, 6) is 0.319. The zero-order chi connectivity index (χ0) is 20.9. The van der Waals surface area contributed by atoms with E-state index in [-0.39, 0.29) is 36.6 Å². The molecule has 0 aromatic rings. The maximum atomic E-state index is 13.3. The van der Waals surface area contributed by atoms with Crippen molar-refractivity contribution in [2.75, 3.05) is 0 Å². The van der Waals surface area contributed by atoms with Crippen molar-refractivity contribution in [1.82, 2.24) is 10.9 Å². The summed E-state index contributed by atoms with van der Waals surface area (Å²) in [7, 11) is 0. The summed E-state index contributed by atoms with van der Waals surface area (Å²) >= 11 is 11.2. The van der Waals surface area contributed by atoms with Crippen LogP contribution in [0.3, 0.4) is 0 Å². The predicted molar refractivity (Wildman–Crippen MR) is 121 cm³/mol. The van der Waals surface area contributed by atoms with E-state index in [0.717, 1.165) is 37.7 Å². The SMILES string of the molecule is C=C1C2(C(=O)NNC(=O)C34CCC(C(Br)Br)(C3Br)C4(C)C)CCC(C2)C1(C)C. The second-order valence-corrected chi connectivity index (χ2v) is 14.4. The van der Waals surface area contributed by atoms with Crippen molar-refractivity contribution >= 4 is 59.6 Å². The summed E-state index contributed by atoms with van der Waals surface area (Å²) in [5, 5.41) is 0. The fraction of sp³-hybridized carbons (Fsp3) is 0.810. The van der Waals surface area contributed by atoms with Gasteiger partial charge in [-0.05, 0) is 48.9 Å². The van der Waals surface area contributed by atoms with Gasteiger partial charge in [0.1, 0.15) is 0 Å². The Morgan fingerprint density at radius 1 is 1.07 bits per heavy atom. The van der Waals surface area contributed by atoms with Crippen LogP contribution in [0.25, 0.3) is 0 Å². The first-order valence-electron chi connectivity index (χ1n) is 10.1. The Morgan fingerprint density at radius 2 is 1.68 bits per heavy atom. The first kappa shape index (κ1) is 21.4. The summed E-state index contributed by atoms with van der Waals surface area (Å²) in [5.41, 5.74) is 5.32. The molecule has 0 aliphatic heterocycles. The molecule has 5 atom stereocenters. The molecule has 4 bridgehead atoms. The summed E-state index contributed by atoms with van der Waals surface area (Å²) < 4.78 is 0.128. The van der Waals surface area contributed by atoms with E-state index in [2.05, 4.69) is 92.9 Å². The molecule has 0 saturated heterocycles. The van der Waals surface area contributed by atoms with Crippen LogP contribution < -0.4 is 10.9 Å². The third-order valence-electron chi connectivity index (χ3n) is 9.51. The van der Waals surface area contributed by atoms with Gasteiger partial charge in [-0.1, -0.05) is 87.6 Å². The number of alkyl halides is 3. The normalized spacial score (nSPS) is 44.5. The van der Waals surface area contributed by atoms with E-state index in [9.17, 15) is 9.59 Å². The highest BCUT2D eigenvalue weighted by molar-refractivity contribution is 9.24. The molecular weight excluding hydrogens is 552 g/mol. The van der Waals surface area contributed by atoms with Gasteiger partial charge in [0.05, 0.1) is 14.6 Å². The molecule has 156 valence electrons. The van der Waals surface area contributed by atoms with Gasteiger partial charge in [0, 0.05) is 10.2 Å². The number of hydrogen-bond acceptors (Lipinski definition) is 2. The predicted octanol–water partition coefficient (Wildman–Crippen LogP) is 5.20. The molecule has 0 aromatic carbocycles. The summed E-state index contributed by atoms with van der Waals surface area (Å²) in [6.45, 7) is 13.0. The van der Waals surface area contributed by atoms with E-state index in [1.54, 1.807) is 0 Å². The number of fused-ring (bicyclic) bond motifs is 3. The molecular formula is C21H29Br3N2O2. The number of amides is 2. The molecule has 5 aliphatic rings. The monoisotopic (exact) mass is 578 g/mol. The van der Waals surface area contributed by atoms with Crippen LogP contribution in [-0.4, -0.2) is 20.4 Å². The number of rotatable bonds is 3. The first-order chi connectivity index (χ1) is 12.8. The lowest BCUT2D eigenvalue weighted by molar-refractivity contribution is -0.164. The zero-order valence-corrected chi connectivity index (χ0v) is 21.7. The maximum absolute atomic E-state index is 13.3. The Morgan fingerprint density at radius 3 is 2.14 bits per heavy atom. The van der Waals surface area contributed by atoms with Crippen molar-refractivity contribution in [1.29, 1.82) is 0 Å². The highest BCUT2D eigenvalue weighted by atomic mass is 79.9. The van der Waals surface area contributed by atoms with E-state index in [1.165, 1.54) is 0 Å². The third kappa shape index (κ3) is 2.08. The van der Waals surface area contributed by atoms with Crippen molar-refractivity contribution in [3.05, 3.63) is 12.2 Å². The van der Waals surface area contributed by atoms with Crippen molar-refractivity contribution in [2.24, 2.45) is 33.0 Å². The number of carbonyl (C=O) groups is 2. The van der Waals surface area contributed by atoms with Crippen LogP contribution in [0.2, 0.25) is 0 Å². The molecule has 2 N–H and O–H groups in total. The molecule has 5 rings (SSSR count). The quantitative estimate of drug-likeness (QED) is 0.274. The molecule has 0 heterocycles. The second kappa shape index (κ2) is 6.09. The third-order valence-corrected chi connectivity index (χ3v) is 12.7. The molecule has 4 nitrogen and oxygen atoms in total. The number of hydrogen-bond donors (Lipinski definition) is 2. The summed E-state index contributed by atoms with van der Waals surface area (Å²) in [6.07, 6.45) is 4.48. The van der Waals surface area contributed by atoms with Gasteiger partial charge in [0.25, 0.3) is 0 Å². The molecule has 5 aliphatic carbocycles. The Kier molecular flexibility index (Phi) is 4.64. The van der Waals surface area contributed by atoms with Gasteiger partial charge in [-0.15, -0.1) is 0 Å². The average Bonchev–Trinajstić information content (AvgIpc) is 3.30. The minimum Gasteiger partial charge on any atom is -0.273 e. The maximum Gasteiger partial charge on any atom is 0.248 e. The number of halogens is 3. The average molecular weight is 581 g/mol. The van der Waals surface area contributed by atoms with E-state index >= 15 is 0 Å². The van der Waals surface area contributed by atoms with Crippen LogP contribution >= 0.6 is 47.8 Å². The van der Waals surface area contributed by atoms with Crippen LogP contribution in [0, 0.1) is 33.0 Å². The van der Waals surface area contributed by atoms with Gasteiger partial charge in [-0.3, -0.25) is 20.4 Å². The minimum absolute atomic E-state index is 0.0129. The van der Waals surface area contributed by atoms with E-state index < -0.39 is 10.8 Å². The summed E-state index contributed by atoms with van der Waals surface area (Å²) in [4.78, 5) is 26.5. The Labute approximate surface area is 192 Å². The van der Waals surface area contributed by atoms with E-state index in [4.69, 9.17) is 0 Å². The second-order valence-electron chi connectivity index (χ2n) is 10.4. The van der Waals surface area contributed by atoms with Crippen molar-refractivity contribution in [2.45, 2.75) is 68.4 Å². The van der Waals surface area contributed by atoms with Crippen molar-refractivity contribution in [3.63, 3.8) is 0 Å². The van der Waals surface area contributed by atoms with Gasteiger partial charge in [-0.25, -0.2) is 0 Å². The largest absolute Gasteiger partial charge is 0.273 e. The molecule has 0 aromatic heterocycles. The fourth-order valence-electron chi connectivity index (χ4n) is 7.18. The lowest BCUT2D eigenvalue weighted by Gasteiger charge is -2.66. The van der Waals surface area contributed by atoms with Crippen molar-refractivity contribution < 1.29 is 9.59 Å². The molecule has 0 spiro atoms. The van der Waals surface area contributed by atoms with Gasteiger partial charge in [0.2, 0.25) is 11.8 Å². The molecule has 5 unspecified atom stereocenters. The molecule has 2 amide bonds. The molecule has 5 saturated carbocycles. The van der Waals surface area contributed by atoms with Crippen LogP contribution in [-0.2, 0) is 9.59 Å². The molecule has 7 heteroatoms. The van der Waals surface area contributed by atoms with Crippen LogP contribution in [0.1, 0.15) is 59.8 Å². The highest BCUT2D eigenvalue weighted by Crippen LogP contribution is 2.82. The van der Waals surface area contributed by atoms with Crippen LogP contribution in [0.15, 0.2) is 12.2 Å². The zero-order valence-electron chi connectivity index (χ0n) is 16.9. The lowest BCUT2D eigenvalue weighted by atomic mass is 9.43. The van der Waals surface area contributed by atoms with Gasteiger partial charge in [-0.2, -0.15) is 0 Å². The minimum atomic E-state index is -0.529. The molecule has 28 heavy (non-hydrogen) atoms. The van der Waals surface area contributed by atoms with Gasteiger partial charge >= 0.3 is 0 Å².